The second-order valence-electron chi connectivity index (χ2n) is 7.37. The number of carbonyl (C=O) groups excluding carboxylic acids is 1. The lowest BCUT2D eigenvalue weighted by Crippen LogP contribution is -2.54. The SMILES string of the molecule is CCNC(=NCCn1cc(C)cn1)N1CCN(CC(=O)N2CCCC2)CC1.I. The van der Waals surface area contributed by atoms with Gasteiger partial charge in [0.2, 0.25) is 5.91 Å². The van der Waals surface area contributed by atoms with Gasteiger partial charge < -0.3 is 15.1 Å². The van der Waals surface area contributed by atoms with Gasteiger partial charge in [-0.2, -0.15) is 5.10 Å². The number of aryl methyl sites for hydroxylation is 1. The number of hydrogen-bond acceptors (Lipinski definition) is 4. The molecular weight excluding hydrogens is 469 g/mol. The number of nitrogens with zero attached hydrogens (tertiary/aromatic N) is 6. The molecule has 0 saturated carbocycles. The summed E-state index contributed by atoms with van der Waals surface area (Å²) in [5.41, 5.74) is 1.17. The van der Waals surface area contributed by atoms with Crippen molar-refractivity contribution < 1.29 is 4.79 Å². The molecule has 1 aromatic rings. The van der Waals surface area contributed by atoms with Crippen molar-refractivity contribution in [2.24, 2.45) is 4.99 Å². The second kappa shape index (κ2) is 11.6. The molecule has 1 aromatic heterocycles. The third kappa shape index (κ3) is 6.61. The Hall–Kier alpha value is -1.36. The number of piperazine rings is 1. The molecular formula is C19H34IN7O. The minimum Gasteiger partial charge on any atom is -0.357 e. The maximum Gasteiger partial charge on any atom is 0.236 e. The summed E-state index contributed by atoms with van der Waals surface area (Å²) in [5.74, 6) is 1.25. The third-order valence-corrected chi connectivity index (χ3v) is 5.18. The Balaban J connectivity index is 0.00000280. The average molecular weight is 503 g/mol. The highest BCUT2D eigenvalue weighted by atomic mass is 127. The maximum atomic E-state index is 12.3. The van der Waals surface area contributed by atoms with Crippen LogP contribution in [0.4, 0.5) is 0 Å². The Morgan fingerprint density at radius 3 is 2.46 bits per heavy atom. The molecule has 9 heteroatoms. The number of guanidine groups is 1. The van der Waals surface area contributed by atoms with E-state index in [1.54, 1.807) is 0 Å². The monoisotopic (exact) mass is 503 g/mol. The maximum absolute atomic E-state index is 12.3. The number of halogens is 1. The Morgan fingerprint density at radius 1 is 1.14 bits per heavy atom. The average Bonchev–Trinajstić information content (AvgIpc) is 3.34. The van der Waals surface area contributed by atoms with E-state index in [9.17, 15) is 4.79 Å². The highest BCUT2D eigenvalue weighted by Gasteiger charge is 2.24. The summed E-state index contributed by atoms with van der Waals surface area (Å²) < 4.78 is 1.93. The molecule has 0 aliphatic carbocycles. The number of aliphatic imine (C=N–C) groups is 1. The first kappa shape index (κ1) is 22.9. The molecule has 1 amide bonds. The van der Waals surface area contributed by atoms with E-state index in [1.165, 1.54) is 5.56 Å². The summed E-state index contributed by atoms with van der Waals surface area (Å²) in [4.78, 5) is 23.7. The van der Waals surface area contributed by atoms with Crippen LogP contribution < -0.4 is 5.32 Å². The van der Waals surface area contributed by atoms with Crippen molar-refractivity contribution in [1.29, 1.82) is 0 Å². The largest absolute Gasteiger partial charge is 0.357 e. The van der Waals surface area contributed by atoms with E-state index in [-0.39, 0.29) is 29.9 Å². The van der Waals surface area contributed by atoms with Gasteiger partial charge in [-0.15, -0.1) is 24.0 Å². The van der Waals surface area contributed by atoms with Gasteiger partial charge in [-0.05, 0) is 32.3 Å². The van der Waals surface area contributed by atoms with Gasteiger partial charge in [0.25, 0.3) is 0 Å². The van der Waals surface area contributed by atoms with Crippen molar-refractivity contribution in [3.05, 3.63) is 18.0 Å². The predicted octanol–water partition coefficient (Wildman–Crippen LogP) is 1.02. The summed E-state index contributed by atoms with van der Waals surface area (Å²) in [7, 11) is 0. The summed E-state index contributed by atoms with van der Waals surface area (Å²) in [6.45, 7) is 12.5. The van der Waals surface area contributed by atoms with E-state index in [1.807, 2.05) is 28.9 Å². The molecule has 3 rings (SSSR count). The molecule has 3 heterocycles. The van der Waals surface area contributed by atoms with Crippen LogP contribution in [-0.4, -0.2) is 95.2 Å². The smallest absolute Gasteiger partial charge is 0.236 e. The van der Waals surface area contributed by atoms with Crippen LogP contribution >= 0.6 is 24.0 Å². The number of nitrogens with one attached hydrogen (secondary N) is 1. The highest BCUT2D eigenvalue weighted by Crippen LogP contribution is 2.09. The zero-order valence-electron chi connectivity index (χ0n) is 17.1. The Morgan fingerprint density at radius 2 is 1.86 bits per heavy atom. The van der Waals surface area contributed by atoms with Crippen molar-refractivity contribution in [2.75, 3.05) is 58.9 Å². The van der Waals surface area contributed by atoms with Gasteiger partial charge >= 0.3 is 0 Å². The Bertz CT molecular complexity index is 634. The van der Waals surface area contributed by atoms with Crippen molar-refractivity contribution in [1.82, 2.24) is 29.8 Å². The van der Waals surface area contributed by atoms with E-state index < -0.39 is 0 Å². The van der Waals surface area contributed by atoms with E-state index >= 15 is 0 Å². The Labute approximate surface area is 185 Å². The lowest BCUT2D eigenvalue weighted by molar-refractivity contribution is -0.131. The van der Waals surface area contributed by atoms with Gasteiger partial charge in [-0.3, -0.25) is 19.4 Å². The summed E-state index contributed by atoms with van der Waals surface area (Å²) in [6.07, 6.45) is 6.22. The van der Waals surface area contributed by atoms with Gasteiger partial charge in [0.1, 0.15) is 0 Å². The first-order valence-electron chi connectivity index (χ1n) is 10.2. The zero-order valence-corrected chi connectivity index (χ0v) is 19.5. The standard InChI is InChI=1S/C19H33N7O.HI/c1-3-20-19(21-6-9-26-15-17(2)14-22-26)25-12-10-23(11-13-25)16-18(27)24-7-4-5-8-24;/h14-15H,3-13,16H2,1-2H3,(H,20,21);1H. The predicted molar refractivity (Wildman–Crippen MR) is 122 cm³/mol. The van der Waals surface area contributed by atoms with Crippen LogP contribution in [0.1, 0.15) is 25.3 Å². The van der Waals surface area contributed by atoms with Crippen LogP contribution in [0.3, 0.4) is 0 Å². The summed E-state index contributed by atoms with van der Waals surface area (Å²) in [5, 5.41) is 7.71. The molecule has 2 saturated heterocycles. The molecule has 1 N–H and O–H groups in total. The molecule has 28 heavy (non-hydrogen) atoms. The number of aromatic nitrogens is 2. The summed E-state index contributed by atoms with van der Waals surface area (Å²) in [6, 6.07) is 0. The van der Waals surface area contributed by atoms with Crippen LogP contribution in [0.5, 0.6) is 0 Å². The van der Waals surface area contributed by atoms with Crippen LogP contribution in [0.2, 0.25) is 0 Å². The van der Waals surface area contributed by atoms with Gasteiger partial charge in [0, 0.05) is 52.0 Å². The second-order valence-corrected chi connectivity index (χ2v) is 7.37. The van der Waals surface area contributed by atoms with Gasteiger partial charge in [-0.1, -0.05) is 0 Å². The first-order chi connectivity index (χ1) is 13.2. The zero-order chi connectivity index (χ0) is 19.1. The van der Waals surface area contributed by atoms with Gasteiger partial charge in [-0.25, -0.2) is 0 Å². The van der Waals surface area contributed by atoms with Crippen LogP contribution in [0, 0.1) is 6.92 Å². The van der Waals surface area contributed by atoms with E-state index in [0.29, 0.717) is 13.1 Å². The van der Waals surface area contributed by atoms with Crippen LogP contribution in [0.25, 0.3) is 0 Å². The molecule has 0 aromatic carbocycles. The quantitative estimate of drug-likeness (QED) is 0.357. The molecule has 0 spiro atoms. The molecule has 2 aliphatic rings. The first-order valence-corrected chi connectivity index (χ1v) is 10.2. The van der Waals surface area contributed by atoms with Crippen LogP contribution in [0.15, 0.2) is 17.4 Å². The number of likely N-dealkylation sites (tertiary alicyclic amines) is 1. The molecule has 8 nitrogen and oxygen atoms in total. The molecule has 0 unspecified atom stereocenters. The van der Waals surface area contributed by atoms with Crippen molar-refractivity contribution in [3.63, 3.8) is 0 Å². The number of rotatable bonds is 6. The van der Waals surface area contributed by atoms with Crippen molar-refractivity contribution in [2.45, 2.75) is 33.2 Å². The fraction of sp³-hybridized carbons (Fsp3) is 0.737. The number of hydrogen-bond donors (Lipinski definition) is 1. The van der Waals surface area contributed by atoms with Gasteiger partial charge in [0.05, 0.1) is 25.8 Å². The highest BCUT2D eigenvalue weighted by molar-refractivity contribution is 14.0. The van der Waals surface area contributed by atoms with E-state index in [2.05, 4.69) is 27.1 Å². The number of carbonyl (C=O) groups is 1. The minimum absolute atomic E-state index is 0. The molecule has 0 radical (unpaired) electrons. The number of amides is 1. The lowest BCUT2D eigenvalue weighted by atomic mass is 10.3. The minimum atomic E-state index is 0. The van der Waals surface area contributed by atoms with Crippen molar-refractivity contribution in [3.8, 4) is 0 Å². The van der Waals surface area contributed by atoms with Gasteiger partial charge in [0.15, 0.2) is 5.96 Å². The third-order valence-electron chi connectivity index (χ3n) is 5.18. The molecule has 0 bridgehead atoms. The Kier molecular flexibility index (Phi) is 9.49. The topological polar surface area (TPSA) is 69.0 Å². The lowest BCUT2D eigenvalue weighted by Gasteiger charge is -2.36. The molecule has 0 atom stereocenters. The fourth-order valence-corrected chi connectivity index (χ4v) is 3.65. The van der Waals surface area contributed by atoms with Crippen LogP contribution in [-0.2, 0) is 11.3 Å². The fourth-order valence-electron chi connectivity index (χ4n) is 3.65. The molecule has 158 valence electrons. The molecule has 2 aliphatic heterocycles. The van der Waals surface area contributed by atoms with Crippen molar-refractivity contribution >= 4 is 35.8 Å². The van der Waals surface area contributed by atoms with E-state index in [4.69, 9.17) is 4.99 Å². The summed E-state index contributed by atoms with van der Waals surface area (Å²) >= 11 is 0. The molecule has 2 fully saturated rings. The normalized spacial score (nSPS) is 18.3. The van der Waals surface area contributed by atoms with E-state index in [0.717, 1.165) is 71.2 Å².